The van der Waals surface area contributed by atoms with Crippen LogP contribution in [-0.2, 0) is 9.53 Å². The van der Waals surface area contributed by atoms with Crippen LogP contribution < -0.4 is 11.1 Å². The molecule has 2 rings (SSSR count). The summed E-state index contributed by atoms with van der Waals surface area (Å²) >= 11 is 6.05. The number of ether oxygens (including phenoxy) is 1. The molecular weight excluding hydrogens is 294 g/mol. The van der Waals surface area contributed by atoms with E-state index in [0.29, 0.717) is 16.3 Å². The molecule has 114 valence electrons. The number of hydrogen-bond acceptors (Lipinski definition) is 4. The fourth-order valence-corrected chi connectivity index (χ4v) is 2.51. The van der Waals surface area contributed by atoms with Gasteiger partial charge in [-0.05, 0) is 37.5 Å². The lowest BCUT2D eigenvalue weighted by Crippen LogP contribution is -2.42. The summed E-state index contributed by atoms with van der Waals surface area (Å²) in [5.41, 5.74) is 6.08. The number of halogens is 1. The molecule has 21 heavy (non-hydrogen) atoms. The second-order valence-corrected chi connectivity index (χ2v) is 5.55. The average molecular weight is 312 g/mol. The van der Waals surface area contributed by atoms with Crippen molar-refractivity contribution in [1.82, 2.24) is 0 Å². The maximum Gasteiger partial charge on any atom is 0.227 e. The lowest BCUT2D eigenvalue weighted by molar-refractivity contribution is -0.129. The topological polar surface area (TPSA) is 96.9 Å². The van der Waals surface area contributed by atoms with Crippen molar-refractivity contribution in [3.63, 3.8) is 0 Å². The highest BCUT2D eigenvalue weighted by molar-refractivity contribution is 6.33. The number of carbonyl (C=O) groups excluding carboxylic acids is 1. The molecule has 0 saturated heterocycles. The Morgan fingerprint density at radius 1 is 1.57 bits per heavy atom. The number of amidine groups is 1. The number of anilines is 1. The average Bonchev–Trinajstić information content (AvgIpc) is 2.44. The van der Waals surface area contributed by atoms with Crippen LogP contribution in [0.5, 0.6) is 0 Å². The number of hydrogen-bond donors (Lipinski definition) is 3. The van der Waals surface area contributed by atoms with Crippen molar-refractivity contribution in [2.45, 2.75) is 31.3 Å². The molecule has 0 aliphatic heterocycles. The molecule has 0 heterocycles. The van der Waals surface area contributed by atoms with Gasteiger partial charge in [-0.25, -0.2) is 0 Å². The fraction of sp³-hybridized carbons (Fsp3) is 0.429. The summed E-state index contributed by atoms with van der Waals surface area (Å²) < 4.78 is 5.43. The number of oxime groups is 1. The highest BCUT2D eigenvalue weighted by Crippen LogP contribution is 2.38. The van der Waals surface area contributed by atoms with E-state index in [1.54, 1.807) is 25.3 Å². The van der Waals surface area contributed by atoms with Crippen LogP contribution in [0, 0.1) is 0 Å². The van der Waals surface area contributed by atoms with Gasteiger partial charge in [-0.3, -0.25) is 4.79 Å². The van der Waals surface area contributed by atoms with E-state index in [0.717, 1.165) is 19.3 Å². The summed E-state index contributed by atoms with van der Waals surface area (Å²) in [7, 11) is 1.62. The SMILES string of the molecule is COC1(CC(=O)Nc2cc(/C(N)=N/O)ccc2Cl)CCC1. The van der Waals surface area contributed by atoms with Crippen molar-refractivity contribution in [1.29, 1.82) is 0 Å². The van der Waals surface area contributed by atoms with Crippen molar-refractivity contribution in [2.24, 2.45) is 10.9 Å². The van der Waals surface area contributed by atoms with E-state index in [4.69, 9.17) is 27.3 Å². The van der Waals surface area contributed by atoms with E-state index < -0.39 is 0 Å². The number of benzene rings is 1. The Morgan fingerprint density at radius 2 is 2.29 bits per heavy atom. The predicted octanol–water partition coefficient (Wildman–Crippen LogP) is 2.33. The van der Waals surface area contributed by atoms with Crippen molar-refractivity contribution in [3.05, 3.63) is 28.8 Å². The van der Waals surface area contributed by atoms with Gasteiger partial charge in [0.1, 0.15) is 0 Å². The van der Waals surface area contributed by atoms with E-state index in [9.17, 15) is 4.79 Å². The molecule has 0 atom stereocenters. The molecule has 0 aromatic heterocycles. The van der Waals surface area contributed by atoms with Gasteiger partial charge < -0.3 is 21.0 Å². The molecule has 0 unspecified atom stereocenters. The van der Waals surface area contributed by atoms with Crippen LogP contribution in [0.25, 0.3) is 0 Å². The zero-order chi connectivity index (χ0) is 15.5. The van der Waals surface area contributed by atoms with E-state index in [1.165, 1.54) is 0 Å². The molecule has 0 spiro atoms. The Morgan fingerprint density at radius 3 is 2.81 bits per heavy atom. The van der Waals surface area contributed by atoms with Gasteiger partial charge >= 0.3 is 0 Å². The van der Waals surface area contributed by atoms with Gasteiger partial charge in [0.2, 0.25) is 5.91 Å². The van der Waals surface area contributed by atoms with Crippen LogP contribution in [0.2, 0.25) is 5.02 Å². The van der Waals surface area contributed by atoms with Gasteiger partial charge in [-0.1, -0.05) is 16.8 Å². The molecule has 1 aromatic carbocycles. The normalized spacial score (nSPS) is 17.1. The lowest BCUT2D eigenvalue weighted by atomic mass is 9.77. The number of methoxy groups -OCH3 is 1. The molecule has 1 saturated carbocycles. The minimum atomic E-state index is -0.347. The number of nitrogens with two attached hydrogens (primary N) is 1. The molecule has 1 aliphatic rings. The number of amides is 1. The van der Waals surface area contributed by atoms with E-state index in [-0.39, 0.29) is 23.8 Å². The first kappa shape index (κ1) is 15.6. The van der Waals surface area contributed by atoms with Gasteiger partial charge in [0, 0.05) is 12.7 Å². The zero-order valence-electron chi connectivity index (χ0n) is 11.7. The second kappa shape index (κ2) is 6.32. The van der Waals surface area contributed by atoms with Crippen molar-refractivity contribution >= 4 is 29.0 Å². The minimum Gasteiger partial charge on any atom is -0.409 e. The molecule has 4 N–H and O–H groups in total. The van der Waals surface area contributed by atoms with Crippen molar-refractivity contribution in [2.75, 3.05) is 12.4 Å². The minimum absolute atomic E-state index is 0.0467. The molecule has 6 nitrogen and oxygen atoms in total. The maximum absolute atomic E-state index is 12.1. The van der Waals surface area contributed by atoms with Gasteiger partial charge in [0.15, 0.2) is 5.84 Å². The van der Waals surface area contributed by atoms with Crippen LogP contribution in [0.1, 0.15) is 31.2 Å². The quantitative estimate of drug-likeness (QED) is 0.336. The Bertz CT molecular complexity index is 565. The van der Waals surface area contributed by atoms with Crippen LogP contribution in [0.4, 0.5) is 5.69 Å². The zero-order valence-corrected chi connectivity index (χ0v) is 12.5. The van der Waals surface area contributed by atoms with Gasteiger partial charge in [-0.2, -0.15) is 0 Å². The third-order valence-electron chi connectivity index (χ3n) is 3.82. The Kier molecular flexibility index (Phi) is 4.69. The van der Waals surface area contributed by atoms with Gasteiger partial charge in [0.25, 0.3) is 0 Å². The van der Waals surface area contributed by atoms with Crippen molar-refractivity contribution in [3.8, 4) is 0 Å². The highest BCUT2D eigenvalue weighted by Gasteiger charge is 2.39. The number of rotatable bonds is 5. The molecule has 7 heteroatoms. The second-order valence-electron chi connectivity index (χ2n) is 5.15. The monoisotopic (exact) mass is 311 g/mol. The summed E-state index contributed by atoms with van der Waals surface area (Å²) in [6.07, 6.45) is 3.12. The largest absolute Gasteiger partial charge is 0.409 e. The predicted molar refractivity (Wildman–Crippen MR) is 80.8 cm³/mol. The summed E-state index contributed by atoms with van der Waals surface area (Å²) in [4.78, 5) is 12.1. The summed E-state index contributed by atoms with van der Waals surface area (Å²) in [6.45, 7) is 0. The first-order valence-electron chi connectivity index (χ1n) is 6.62. The Balaban J connectivity index is 2.10. The molecule has 1 aromatic rings. The lowest BCUT2D eigenvalue weighted by Gasteiger charge is -2.39. The van der Waals surface area contributed by atoms with Gasteiger partial charge in [-0.15, -0.1) is 0 Å². The first-order chi connectivity index (χ1) is 9.99. The smallest absolute Gasteiger partial charge is 0.227 e. The van der Waals surface area contributed by atoms with E-state index in [2.05, 4.69) is 10.5 Å². The van der Waals surface area contributed by atoms with Crippen molar-refractivity contribution < 1.29 is 14.7 Å². The fourth-order valence-electron chi connectivity index (χ4n) is 2.35. The maximum atomic E-state index is 12.1. The highest BCUT2D eigenvalue weighted by atomic mass is 35.5. The summed E-state index contributed by atoms with van der Waals surface area (Å²) in [5, 5.41) is 14.7. The Labute approximate surface area is 127 Å². The van der Waals surface area contributed by atoms with E-state index >= 15 is 0 Å². The Hall–Kier alpha value is -1.79. The molecule has 0 bridgehead atoms. The third-order valence-corrected chi connectivity index (χ3v) is 4.15. The summed E-state index contributed by atoms with van der Waals surface area (Å²) in [6, 6.07) is 4.76. The number of nitrogens with zero attached hydrogens (tertiary/aromatic N) is 1. The van der Waals surface area contributed by atoms with Crippen LogP contribution in [0.3, 0.4) is 0 Å². The van der Waals surface area contributed by atoms with Crippen LogP contribution >= 0.6 is 11.6 Å². The van der Waals surface area contributed by atoms with Crippen LogP contribution in [0.15, 0.2) is 23.4 Å². The number of nitrogens with one attached hydrogen (secondary N) is 1. The molecular formula is C14H18ClN3O3. The van der Waals surface area contributed by atoms with Crippen LogP contribution in [-0.4, -0.2) is 29.7 Å². The molecule has 1 amide bonds. The van der Waals surface area contributed by atoms with Gasteiger partial charge in [0.05, 0.1) is 22.7 Å². The number of carbonyl (C=O) groups is 1. The molecule has 0 radical (unpaired) electrons. The van der Waals surface area contributed by atoms with E-state index in [1.807, 2.05) is 0 Å². The standard InChI is InChI=1S/C14H18ClN3O3/c1-21-14(5-2-6-14)8-12(19)17-11-7-9(13(16)18-20)3-4-10(11)15/h3-4,7,20H,2,5-6,8H2,1H3,(H2,16,18)(H,17,19). The summed E-state index contributed by atoms with van der Waals surface area (Å²) in [5.74, 6) is -0.218. The molecule has 1 fully saturated rings. The molecule has 1 aliphatic carbocycles. The third kappa shape index (κ3) is 3.46. The first-order valence-corrected chi connectivity index (χ1v) is 7.00.